The minimum absolute atomic E-state index is 0.270. The van der Waals surface area contributed by atoms with E-state index < -0.39 is 36.2 Å². The van der Waals surface area contributed by atoms with Crippen LogP contribution in [0.4, 0.5) is 0 Å². The van der Waals surface area contributed by atoms with Gasteiger partial charge in [-0.25, -0.2) is 24.2 Å². The van der Waals surface area contributed by atoms with E-state index in [4.69, 9.17) is 33.5 Å². The summed E-state index contributed by atoms with van der Waals surface area (Å²) in [5, 5.41) is 0. The molecule has 6 aromatic rings. The molecular formula is C68H74O10. The fourth-order valence-corrected chi connectivity index (χ4v) is 10.9. The molecule has 2 aliphatic carbocycles. The van der Waals surface area contributed by atoms with E-state index in [1.165, 1.54) is 79.7 Å². The van der Waals surface area contributed by atoms with Gasteiger partial charge in [0.15, 0.2) is 18.3 Å². The second-order valence-electron chi connectivity index (χ2n) is 21.7. The van der Waals surface area contributed by atoms with E-state index in [1.807, 2.05) is 140 Å². The lowest BCUT2D eigenvalue weighted by atomic mass is 9.79. The molecule has 10 nitrogen and oxygen atoms in total. The lowest BCUT2D eigenvalue weighted by molar-refractivity contribution is -0.326. The Balaban J connectivity index is 0.000000202. The largest absolute Gasteiger partial charge is 0.454 e. The van der Waals surface area contributed by atoms with Gasteiger partial charge in [-0.05, 0) is 127 Å². The number of aryl methyl sites for hydroxylation is 2. The van der Waals surface area contributed by atoms with Crippen molar-refractivity contribution in [2.75, 3.05) is 19.8 Å². The van der Waals surface area contributed by atoms with Gasteiger partial charge in [-0.3, -0.25) is 0 Å². The average molecular weight is 1050 g/mol. The van der Waals surface area contributed by atoms with Gasteiger partial charge in [0, 0.05) is 6.08 Å². The van der Waals surface area contributed by atoms with E-state index in [1.54, 1.807) is 6.08 Å². The molecule has 0 N–H and O–H groups in total. The molecule has 4 fully saturated rings. The molecule has 2 saturated heterocycles. The van der Waals surface area contributed by atoms with Crippen molar-refractivity contribution in [2.24, 2.45) is 11.8 Å². The first-order chi connectivity index (χ1) is 38.0. The smallest absolute Gasteiger partial charge is 0.338 e. The molecule has 4 aliphatic rings. The highest BCUT2D eigenvalue weighted by Crippen LogP contribution is 2.40. The van der Waals surface area contributed by atoms with Crippen molar-refractivity contribution in [1.82, 2.24) is 0 Å². The molecule has 6 aromatic carbocycles. The van der Waals surface area contributed by atoms with Crippen LogP contribution in [0.2, 0.25) is 0 Å². The second-order valence-corrected chi connectivity index (χ2v) is 21.7. The zero-order valence-electron chi connectivity index (χ0n) is 45.5. The molecule has 0 bridgehead atoms. The molecule has 406 valence electrons. The molecule has 0 aromatic heterocycles. The van der Waals surface area contributed by atoms with Gasteiger partial charge in [-0.1, -0.05) is 196 Å². The summed E-state index contributed by atoms with van der Waals surface area (Å²) in [5.74, 6) is 1.35. The summed E-state index contributed by atoms with van der Waals surface area (Å²) in [7, 11) is 0. The van der Waals surface area contributed by atoms with E-state index in [0.29, 0.717) is 36.2 Å². The molecule has 10 heteroatoms. The van der Waals surface area contributed by atoms with E-state index in [9.17, 15) is 14.4 Å². The van der Waals surface area contributed by atoms with Crippen molar-refractivity contribution in [2.45, 2.75) is 128 Å². The van der Waals surface area contributed by atoms with E-state index in [0.717, 1.165) is 34.1 Å². The molecule has 10 rings (SSSR count). The van der Waals surface area contributed by atoms with Crippen LogP contribution in [0.1, 0.15) is 154 Å². The molecule has 0 radical (unpaired) electrons. The molecule has 0 spiro atoms. The number of esters is 3. The molecular weight excluding hydrogens is 977 g/mol. The molecule has 2 saturated carbocycles. The average Bonchev–Trinajstić information content (AvgIpc) is 4.11. The van der Waals surface area contributed by atoms with Crippen LogP contribution < -0.4 is 0 Å². The van der Waals surface area contributed by atoms with Crippen LogP contribution in [0.5, 0.6) is 0 Å². The van der Waals surface area contributed by atoms with Gasteiger partial charge in [0.2, 0.25) is 0 Å². The van der Waals surface area contributed by atoms with E-state index in [-0.39, 0.29) is 24.9 Å². The predicted octanol–water partition coefficient (Wildman–Crippen LogP) is 14.8. The third-order valence-electron chi connectivity index (χ3n) is 15.7. The Morgan fingerprint density at radius 3 is 1.40 bits per heavy atom. The highest BCUT2D eigenvalue weighted by molar-refractivity contribution is 5.91. The summed E-state index contributed by atoms with van der Waals surface area (Å²) in [6, 6.07) is 51.0. The predicted molar refractivity (Wildman–Crippen MR) is 303 cm³/mol. The molecule has 1 unspecified atom stereocenters. The number of hydrogen-bond acceptors (Lipinski definition) is 10. The minimum Gasteiger partial charge on any atom is -0.454 e. The van der Waals surface area contributed by atoms with Gasteiger partial charge in [-0.15, -0.1) is 0 Å². The number of benzene rings is 6. The number of rotatable bonds is 17. The summed E-state index contributed by atoms with van der Waals surface area (Å²) in [6.07, 6.45) is 13.6. The highest BCUT2D eigenvalue weighted by atomic mass is 17.2. The van der Waals surface area contributed by atoms with E-state index >= 15 is 0 Å². The molecule has 2 aliphatic heterocycles. The minimum atomic E-state index is -0.844. The fraction of sp³-hybridized carbons (Fsp3) is 0.368. The Hall–Kier alpha value is -6.95. The van der Waals surface area contributed by atoms with Crippen molar-refractivity contribution in [3.05, 3.63) is 226 Å². The van der Waals surface area contributed by atoms with Crippen molar-refractivity contribution < 1.29 is 47.8 Å². The summed E-state index contributed by atoms with van der Waals surface area (Å²) in [4.78, 5) is 50.4. The molecule has 78 heavy (non-hydrogen) atoms. The van der Waals surface area contributed by atoms with Gasteiger partial charge in [0.05, 0.1) is 24.3 Å². The number of fused-ring (bicyclic) bond motifs is 1. The number of ether oxygens (including phenoxy) is 5. The Bertz CT molecular complexity index is 2760. The maximum atomic E-state index is 13.7. The van der Waals surface area contributed by atoms with Crippen molar-refractivity contribution in [3.63, 3.8) is 0 Å². The third kappa shape index (κ3) is 15.4. The first-order valence-electron chi connectivity index (χ1n) is 27.9. The normalized spacial score (nSPS) is 23.6. The van der Waals surface area contributed by atoms with Crippen molar-refractivity contribution in [1.29, 1.82) is 0 Å². The van der Waals surface area contributed by atoms with Crippen LogP contribution in [0.3, 0.4) is 0 Å². The quantitative estimate of drug-likeness (QED) is 0.0218. The maximum absolute atomic E-state index is 13.7. The van der Waals surface area contributed by atoms with Crippen LogP contribution in [0, 0.1) is 25.7 Å². The number of carbonyl (C=O) groups excluding carboxylic acids is 3. The first kappa shape index (κ1) is 55.8. The monoisotopic (exact) mass is 1050 g/mol. The molecule has 2 heterocycles. The number of hydrogen-bond donors (Lipinski definition) is 0. The fourth-order valence-electron chi connectivity index (χ4n) is 10.9. The van der Waals surface area contributed by atoms with Crippen LogP contribution in [-0.4, -0.2) is 62.1 Å². The zero-order valence-corrected chi connectivity index (χ0v) is 45.5. The van der Waals surface area contributed by atoms with Crippen LogP contribution in [0.25, 0.3) is 12.2 Å². The summed E-state index contributed by atoms with van der Waals surface area (Å²) < 4.78 is 29.6. The Morgan fingerprint density at radius 1 is 0.513 bits per heavy atom. The zero-order chi connectivity index (χ0) is 54.2. The van der Waals surface area contributed by atoms with Crippen LogP contribution >= 0.6 is 0 Å². The van der Waals surface area contributed by atoms with E-state index in [2.05, 4.69) is 57.2 Å². The van der Waals surface area contributed by atoms with Gasteiger partial charge < -0.3 is 23.7 Å². The Labute approximate surface area is 460 Å². The first-order valence-corrected chi connectivity index (χ1v) is 27.9. The summed E-state index contributed by atoms with van der Waals surface area (Å²) >= 11 is 0. The topological polar surface area (TPSA) is 116 Å². The van der Waals surface area contributed by atoms with Gasteiger partial charge in [-0.2, -0.15) is 0 Å². The van der Waals surface area contributed by atoms with Crippen LogP contribution in [-0.2, 0) is 38.3 Å². The SMILES string of the molecule is CC1CCC(c2ccc(C(=O)O[C@H](c3ccccc3)[C@H](OC(=O)c3ccc(C4CCC(C)CC4)cc3)c3ccccc3)cc2)CC1.Cc1ccc(/C=C/COO[C@H]2CO[C@H]3C(OC(=O)/C=C/c4ccc(C)cc4)CO[C@@H]23)cc1. The van der Waals surface area contributed by atoms with Gasteiger partial charge in [0.25, 0.3) is 0 Å². The second kappa shape index (κ2) is 27.6. The molecule has 0 amide bonds. The standard InChI is InChI=1S/C42H46O4.C26H28O6/c1-29-13-17-31(18-14-29)33-21-25-37(26-22-33)41(43)45-39(35-9-5-3-6-10-35)40(36-11-7-4-8-12-36)46-42(44)38-27-23-34(24-28-38)32-19-15-30(2)16-20-32;1-18-5-9-20(10-6-18)4-3-15-30-32-23-17-29-25-22(16-28-26(23)25)31-24(27)14-13-21-11-7-19(2)8-12-21/h3-12,21-32,39-40H,13-20H2,1-2H3;3-14,22-23,25-26H,15-17H2,1-2H3/b;4-3+,14-13+/t29?,30?,31?,32?,39-,40-;22?,23-,25-,26-/m10/s1. The van der Waals surface area contributed by atoms with Gasteiger partial charge >= 0.3 is 17.9 Å². The highest BCUT2D eigenvalue weighted by Gasteiger charge is 2.50. The third-order valence-corrected chi connectivity index (χ3v) is 15.7. The number of carbonyl (C=O) groups is 3. The Morgan fingerprint density at radius 2 is 0.936 bits per heavy atom. The maximum Gasteiger partial charge on any atom is 0.338 e. The lowest BCUT2D eigenvalue weighted by Crippen LogP contribution is -2.34. The van der Waals surface area contributed by atoms with Crippen molar-refractivity contribution in [3.8, 4) is 0 Å². The van der Waals surface area contributed by atoms with Crippen molar-refractivity contribution >= 4 is 30.1 Å². The van der Waals surface area contributed by atoms with Crippen LogP contribution in [0.15, 0.2) is 170 Å². The van der Waals surface area contributed by atoms with Gasteiger partial charge in [0.1, 0.15) is 24.9 Å². The summed E-state index contributed by atoms with van der Waals surface area (Å²) in [5.41, 5.74) is 9.47. The lowest BCUT2D eigenvalue weighted by Gasteiger charge is -2.28. The molecule has 6 atom stereocenters. The summed E-state index contributed by atoms with van der Waals surface area (Å²) in [6.45, 7) is 9.63. The Kier molecular flexibility index (Phi) is 19.7.